The average molecular weight is 303 g/mol. The van der Waals surface area contributed by atoms with Crippen LogP contribution >= 0.6 is 34.8 Å². The fraction of sp³-hybridized carbons (Fsp3) is 0. The number of carbonyl (C=O) groups excluding carboxylic acids is 1. The van der Waals surface area contributed by atoms with Crippen LogP contribution in [0.5, 0.6) is 0 Å². The van der Waals surface area contributed by atoms with Crippen LogP contribution in [0.25, 0.3) is 0 Å². The minimum atomic E-state index is -0.393. The Morgan fingerprint density at radius 3 is 2.33 bits per heavy atom. The minimum absolute atomic E-state index is 0.192. The molecule has 0 bridgehead atoms. The van der Waals surface area contributed by atoms with Crippen molar-refractivity contribution in [2.24, 2.45) is 0 Å². The summed E-state index contributed by atoms with van der Waals surface area (Å²) in [6.45, 7) is 0. The second kappa shape index (κ2) is 5.52. The third kappa shape index (κ3) is 3.32. The number of carbonyl (C=O) groups is 1. The molecule has 2 aromatic rings. The number of rotatable bonds is 2. The van der Waals surface area contributed by atoms with Gasteiger partial charge in [-0.1, -0.05) is 34.8 Å². The third-order valence-corrected chi connectivity index (χ3v) is 2.59. The molecule has 1 N–H and O–H groups in total. The van der Waals surface area contributed by atoms with Gasteiger partial charge in [0.25, 0.3) is 5.91 Å². The summed E-state index contributed by atoms with van der Waals surface area (Å²) in [6.07, 6.45) is 2.75. The number of anilines is 1. The van der Waals surface area contributed by atoms with Crippen molar-refractivity contribution in [2.45, 2.75) is 0 Å². The van der Waals surface area contributed by atoms with Gasteiger partial charge in [-0.2, -0.15) is 0 Å². The molecule has 2 rings (SSSR count). The van der Waals surface area contributed by atoms with E-state index in [-0.39, 0.29) is 11.0 Å². The first-order chi connectivity index (χ1) is 8.54. The van der Waals surface area contributed by atoms with Crippen molar-refractivity contribution in [3.63, 3.8) is 0 Å². The maximum atomic E-state index is 11.9. The molecule has 0 fully saturated rings. The van der Waals surface area contributed by atoms with Crippen LogP contribution in [0.1, 0.15) is 10.4 Å². The van der Waals surface area contributed by atoms with Crippen molar-refractivity contribution >= 4 is 46.5 Å². The molecule has 1 aromatic carbocycles. The number of hydrogen-bond donors (Lipinski definition) is 1. The van der Waals surface area contributed by atoms with E-state index in [0.717, 1.165) is 0 Å². The summed E-state index contributed by atoms with van der Waals surface area (Å²) >= 11 is 17.3. The summed E-state index contributed by atoms with van der Waals surface area (Å²) < 4.78 is 0. The van der Waals surface area contributed by atoms with Gasteiger partial charge in [-0.25, -0.2) is 4.98 Å². The van der Waals surface area contributed by atoms with Gasteiger partial charge in [-0.3, -0.25) is 9.78 Å². The normalized spacial score (nSPS) is 10.2. The Labute approximate surface area is 118 Å². The van der Waals surface area contributed by atoms with Gasteiger partial charge in [-0.05, 0) is 18.2 Å². The summed E-state index contributed by atoms with van der Waals surface area (Å²) in [5.41, 5.74) is 0.328. The lowest BCUT2D eigenvalue weighted by atomic mass is 10.2. The Morgan fingerprint density at radius 1 is 1.06 bits per heavy atom. The molecule has 0 aliphatic rings. The standard InChI is InChI=1S/C11H6Cl3N3O/c12-7-1-6(2-8(13)3-7)11(18)17-10-5-15-4-9(14)16-10/h1-5H,(H,16,17,18). The van der Waals surface area contributed by atoms with E-state index >= 15 is 0 Å². The van der Waals surface area contributed by atoms with Gasteiger partial charge in [0.15, 0.2) is 5.82 Å². The van der Waals surface area contributed by atoms with E-state index in [1.807, 2.05) is 0 Å². The maximum absolute atomic E-state index is 11.9. The Hall–Kier alpha value is -1.36. The number of benzene rings is 1. The first-order valence-electron chi connectivity index (χ1n) is 4.79. The average Bonchev–Trinajstić information content (AvgIpc) is 2.27. The summed E-state index contributed by atoms with van der Waals surface area (Å²) in [7, 11) is 0. The molecule has 1 heterocycles. The molecule has 1 aromatic heterocycles. The second-order valence-corrected chi connectivity index (χ2v) is 4.60. The summed E-state index contributed by atoms with van der Waals surface area (Å²) in [4.78, 5) is 19.6. The lowest BCUT2D eigenvalue weighted by molar-refractivity contribution is 0.102. The van der Waals surface area contributed by atoms with Crippen LogP contribution in [0.4, 0.5) is 5.82 Å². The smallest absolute Gasteiger partial charge is 0.256 e. The Balaban J connectivity index is 2.22. The first-order valence-corrected chi connectivity index (χ1v) is 5.93. The molecule has 18 heavy (non-hydrogen) atoms. The highest BCUT2D eigenvalue weighted by Crippen LogP contribution is 2.19. The second-order valence-electron chi connectivity index (χ2n) is 3.34. The van der Waals surface area contributed by atoms with E-state index < -0.39 is 5.91 Å². The van der Waals surface area contributed by atoms with Crippen LogP contribution in [0.15, 0.2) is 30.6 Å². The minimum Gasteiger partial charge on any atom is -0.305 e. The van der Waals surface area contributed by atoms with Gasteiger partial charge < -0.3 is 5.32 Å². The number of halogens is 3. The number of nitrogens with zero attached hydrogens (tertiary/aromatic N) is 2. The molecule has 0 spiro atoms. The molecule has 0 aliphatic heterocycles. The van der Waals surface area contributed by atoms with Gasteiger partial charge >= 0.3 is 0 Å². The van der Waals surface area contributed by atoms with E-state index in [1.54, 1.807) is 6.07 Å². The predicted molar refractivity (Wildman–Crippen MR) is 71.5 cm³/mol. The summed E-state index contributed by atoms with van der Waals surface area (Å²) in [5.74, 6) is -0.139. The van der Waals surface area contributed by atoms with E-state index in [2.05, 4.69) is 15.3 Å². The van der Waals surface area contributed by atoms with Crippen LogP contribution in [-0.4, -0.2) is 15.9 Å². The SMILES string of the molecule is O=C(Nc1cncc(Cl)n1)c1cc(Cl)cc(Cl)c1. The highest BCUT2D eigenvalue weighted by molar-refractivity contribution is 6.35. The predicted octanol–water partition coefficient (Wildman–Crippen LogP) is 3.69. The fourth-order valence-corrected chi connectivity index (χ4v) is 1.95. The Kier molecular flexibility index (Phi) is 4.01. The zero-order valence-corrected chi connectivity index (χ0v) is 11.1. The quantitative estimate of drug-likeness (QED) is 0.920. The molecule has 1 amide bonds. The molecule has 0 radical (unpaired) electrons. The molecule has 0 atom stereocenters. The topological polar surface area (TPSA) is 54.9 Å². The molecular formula is C11H6Cl3N3O. The molecule has 0 saturated carbocycles. The van der Waals surface area contributed by atoms with Crippen LogP contribution < -0.4 is 5.32 Å². The number of nitrogens with one attached hydrogen (secondary N) is 1. The van der Waals surface area contributed by atoms with E-state index in [4.69, 9.17) is 34.8 Å². The molecule has 0 unspecified atom stereocenters. The van der Waals surface area contributed by atoms with E-state index in [9.17, 15) is 4.79 Å². The van der Waals surface area contributed by atoms with Crippen LogP contribution in [0.3, 0.4) is 0 Å². The number of amides is 1. The molecule has 4 nitrogen and oxygen atoms in total. The molecule has 0 saturated heterocycles. The van der Waals surface area contributed by atoms with Gasteiger partial charge in [-0.15, -0.1) is 0 Å². The largest absolute Gasteiger partial charge is 0.305 e. The Morgan fingerprint density at radius 2 is 1.72 bits per heavy atom. The van der Waals surface area contributed by atoms with Crippen molar-refractivity contribution in [2.75, 3.05) is 5.32 Å². The zero-order chi connectivity index (χ0) is 13.1. The fourth-order valence-electron chi connectivity index (χ4n) is 1.28. The van der Waals surface area contributed by atoms with Crippen molar-refractivity contribution < 1.29 is 4.79 Å². The van der Waals surface area contributed by atoms with Gasteiger partial charge in [0.05, 0.1) is 12.4 Å². The van der Waals surface area contributed by atoms with Crippen LogP contribution in [0.2, 0.25) is 15.2 Å². The first kappa shape index (κ1) is 13.1. The van der Waals surface area contributed by atoms with Gasteiger partial charge in [0.1, 0.15) is 5.15 Å². The monoisotopic (exact) mass is 301 g/mol. The van der Waals surface area contributed by atoms with Crippen molar-refractivity contribution in [3.05, 3.63) is 51.4 Å². The van der Waals surface area contributed by atoms with Gasteiger partial charge in [0.2, 0.25) is 0 Å². The Bertz CT molecular complexity index is 584. The van der Waals surface area contributed by atoms with Crippen molar-refractivity contribution in [3.8, 4) is 0 Å². The maximum Gasteiger partial charge on any atom is 0.256 e. The van der Waals surface area contributed by atoms with E-state index in [1.165, 1.54) is 24.5 Å². The lowest BCUT2D eigenvalue weighted by Gasteiger charge is -2.05. The van der Waals surface area contributed by atoms with Gasteiger partial charge in [0, 0.05) is 15.6 Å². The lowest BCUT2D eigenvalue weighted by Crippen LogP contribution is -2.13. The van der Waals surface area contributed by atoms with Crippen LogP contribution in [-0.2, 0) is 0 Å². The molecule has 0 aliphatic carbocycles. The summed E-state index contributed by atoms with van der Waals surface area (Å²) in [5, 5.41) is 3.49. The van der Waals surface area contributed by atoms with Crippen molar-refractivity contribution in [1.29, 1.82) is 0 Å². The molecular weight excluding hydrogens is 296 g/mol. The van der Waals surface area contributed by atoms with Crippen LogP contribution in [0, 0.1) is 0 Å². The summed E-state index contributed by atoms with van der Waals surface area (Å²) in [6, 6.07) is 4.54. The molecule has 92 valence electrons. The van der Waals surface area contributed by atoms with E-state index in [0.29, 0.717) is 15.6 Å². The zero-order valence-electron chi connectivity index (χ0n) is 8.82. The number of aromatic nitrogens is 2. The highest BCUT2D eigenvalue weighted by atomic mass is 35.5. The molecule has 7 heteroatoms. The van der Waals surface area contributed by atoms with Crippen molar-refractivity contribution in [1.82, 2.24) is 9.97 Å². The highest BCUT2D eigenvalue weighted by Gasteiger charge is 2.09. The third-order valence-electron chi connectivity index (χ3n) is 1.97. The number of hydrogen-bond acceptors (Lipinski definition) is 3.